The normalized spacial score (nSPS) is 11.6. The number of anilines is 2. The van der Waals surface area contributed by atoms with Gasteiger partial charge < -0.3 is 4.74 Å². The van der Waals surface area contributed by atoms with Crippen LogP contribution in [0.2, 0.25) is 5.02 Å². The number of nitrogens with one attached hydrogen (secondary N) is 2. The average Bonchev–Trinajstić information content (AvgIpc) is 2.74. The fourth-order valence-corrected chi connectivity index (χ4v) is 5.10. The van der Waals surface area contributed by atoms with Crippen molar-refractivity contribution in [3.8, 4) is 5.75 Å². The lowest BCUT2D eigenvalue weighted by Gasteiger charge is -2.12. The van der Waals surface area contributed by atoms with Gasteiger partial charge in [0.15, 0.2) is 4.90 Å². The van der Waals surface area contributed by atoms with E-state index in [2.05, 4.69) is 9.44 Å². The molecule has 0 aromatic heterocycles. The van der Waals surface area contributed by atoms with E-state index in [4.69, 9.17) is 16.3 Å². The van der Waals surface area contributed by atoms with E-state index in [0.717, 1.165) is 18.2 Å². The quantitative estimate of drug-likeness (QED) is 0.355. The molecule has 3 aromatic carbocycles. The first-order chi connectivity index (χ1) is 15.0. The Bertz CT molecular complexity index is 1380. The number of methoxy groups -OCH3 is 1. The van der Waals surface area contributed by atoms with Crippen molar-refractivity contribution < 1.29 is 26.5 Å². The first kappa shape index (κ1) is 23.3. The molecule has 0 spiro atoms. The van der Waals surface area contributed by atoms with E-state index in [1.165, 1.54) is 55.6 Å². The lowest BCUT2D eigenvalue weighted by atomic mass is 10.3. The summed E-state index contributed by atoms with van der Waals surface area (Å²) in [4.78, 5) is 9.65. The molecule has 0 heterocycles. The summed E-state index contributed by atoms with van der Waals surface area (Å²) in [6, 6.07) is 14.2. The summed E-state index contributed by atoms with van der Waals surface area (Å²) in [5.41, 5.74) is -0.534. The standard InChI is InChI=1S/C19H16ClN3O7S2/c1-30-16-9-10-19(18(12-16)23(24)25)32(28,29)22-15-3-2-4-17(11-15)31(26,27)21-14-7-5-13(20)6-8-14/h2-12,21-22H,1H3. The molecule has 0 unspecified atom stereocenters. The molecule has 0 radical (unpaired) electrons. The third-order valence-electron chi connectivity index (χ3n) is 4.15. The maximum absolute atomic E-state index is 12.8. The van der Waals surface area contributed by atoms with Gasteiger partial charge in [-0.15, -0.1) is 0 Å². The lowest BCUT2D eigenvalue weighted by Crippen LogP contribution is -2.16. The molecule has 0 aliphatic rings. The second-order valence-corrected chi connectivity index (χ2v) is 10.1. The summed E-state index contributed by atoms with van der Waals surface area (Å²) in [5.74, 6) is 0.108. The molecule has 0 saturated heterocycles. The van der Waals surface area contributed by atoms with Crippen molar-refractivity contribution in [2.24, 2.45) is 0 Å². The zero-order valence-corrected chi connectivity index (χ0v) is 18.7. The summed E-state index contributed by atoms with van der Waals surface area (Å²) < 4.78 is 60.3. The summed E-state index contributed by atoms with van der Waals surface area (Å²) in [7, 11) is -7.18. The summed E-state index contributed by atoms with van der Waals surface area (Å²) >= 11 is 5.79. The maximum Gasteiger partial charge on any atom is 0.293 e. The number of benzene rings is 3. The Morgan fingerprint density at radius 1 is 0.875 bits per heavy atom. The molecule has 0 saturated carbocycles. The number of nitro groups is 1. The molecular weight excluding hydrogens is 482 g/mol. The van der Waals surface area contributed by atoms with Gasteiger partial charge in [0.05, 0.1) is 28.7 Å². The fourth-order valence-electron chi connectivity index (χ4n) is 2.66. The smallest absolute Gasteiger partial charge is 0.293 e. The fraction of sp³-hybridized carbons (Fsp3) is 0.0526. The van der Waals surface area contributed by atoms with Gasteiger partial charge in [-0.1, -0.05) is 17.7 Å². The van der Waals surface area contributed by atoms with Gasteiger partial charge in [-0.2, -0.15) is 0 Å². The molecule has 0 fully saturated rings. The van der Waals surface area contributed by atoms with Gasteiger partial charge in [0, 0.05) is 10.7 Å². The highest BCUT2D eigenvalue weighted by Crippen LogP contribution is 2.30. The third-order valence-corrected chi connectivity index (χ3v) is 7.20. The van der Waals surface area contributed by atoms with Gasteiger partial charge in [0.1, 0.15) is 5.75 Å². The van der Waals surface area contributed by atoms with Crippen LogP contribution in [0, 0.1) is 10.1 Å². The molecule has 13 heteroatoms. The topological polar surface area (TPSA) is 145 Å². The van der Waals surface area contributed by atoms with Crippen LogP contribution in [0.15, 0.2) is 76.5 Å². The minimum absolute atomic E-state index is 0.103. The Balaban J connectivity index is 1.92. The monoisotopic (exact) mass is 497 g/mol. The lowest BCUT2D eigenvalue weighted by molar-refractivity contribution is -0.387. The van der Waals surface area contributed by atoms with Crippen LogP contribution in [0.25, 0.3) is 0 Å². The molecule has 0 bridgehead atoms. The molecule has 3 aromatic rings. The van der Waals surface area contributed by atoms with Gasteiger partial charge in [0.2, 0.25) is 0 Å². The number of nitro benzene ring substituents is 1. The van der Waals surface area contributed by atoms with Gasteiger partial charge in [-0.25, -0.2) is 16.8 Å². The van der Waals surface area contributed by atoms with Crippen LogP contribution in [-0.4, -0.2) is 28.9 Å². The van der Waals surface area contributed by atoms with Crippen molar-refractivity contribution >= 4 is 48.7 Å². The first-order valence-corrected chi connectivity index (χ1v) is 12.1. The molecule has 0 amide bonds. The van der Waals surface area contributed by atoms with Crippen LogP contribution < -0.4 is 14.2 Å². The Morgan fingerprint density at radius 3 is 2.16 bits per heavy atom. The van der Waals surface area contributed by atoms with Crippen LogP contribution >= 0.6 is 11.6 Å². The van der Waals surface area contributed by atoms with E-state index < -0.39 is 35.6 Å². The largest absolute Gasteiger partial charge is 0.497 e. The Hall–Kier alpha value is -3.35. The predicted octanol–water partition coefficient (Wildman–Crippen LogP) is 3.86. The van der Waals surface area contributed by atoms with Gasteiger partial charge in [-0.3, -0.25) is 19.6 Å². The molecule has 0 aliphatic heterocycles. The number of nitrogens with zero attached hydrogens (tertiary/aromatic N) is 1. The summed E-state index contributed by atoms with van der Waals surface area (Å²) in [5, 5.41) is 11.8. The number of hydrogen-bond donors (Lipinski definition) is 2. The predicted molar refractivity (Wildman–Crippen MR) is 119 cm³/mol. The Kier molecular flexibility index (Phi) is 6.57. The average molecular weight is 498 g/mol. The maximum atomic E-state index is 12.8. The minimum Gasteiger partial charge on any atom is -0.497 e. The first-order valence-electron chi connectivity index (χ1n) is 8.75. The number of ether oxygens (including phenoxy) is 1. The molecule has 32 heavy (non-hydrogen) atoms. The van der Waals surface area contributed by atoms with Gasteiger partial charge in [-0.05, 0) is 54.6 Å². The number of sulfonamides is 2. The Labute approximate surface area is 189 Å². The van der Waals surface area contributed by atoms with Crippen molar-refractivity contribution in [1.82, 2.24) is 0 Å². The number of halogens is 1. The Morgan fingerprint density at radius 2 is 1.53 bits per heavy atom. The van der Waals surface area contributed by atoms with E-state index >= 15 is 0 Å². The van der Waals surface area contributed by atoms with Gasteiger partial charge in [0.25, 0.3) is 25.7 Å². The molecule has 2 N–H and O–H groups in total. The van der Waals surface area contributed by atoms with Crippen molar-refractivity contribution in [2.75, 3.05) is 16.6 Å². The van der Waals surface area contributed by atoms with E-state index in [0.29, 0.717) is 5.02 Å². The van der Waals surface area contributed by atoms with Crippen molar-refractivity contribution in [2.45, 2.75) is 9.79 Å². The van der Waals surface area contributed by atoms with E-state index in [-0.39, 0.29) is 22.0 Å². The molecular formula is C19H16ClN3O7S2. The van der Waals surface area contributed by atoms with Crippen LogP contribution in [-0.2, 0) is 20.0 Å². The zero-order chi connectivity index (χ0) is 23.5. The highest BCUT2D eigenvalue weighted by atomic mass is 35.5. The highest BCUT2D eigenvalue weighted by molar-refractivity contribution is 7.93. The number of rotatable bonds is 8. The van der Waals surface area contributed by atoms with Crippen molar-refractivity contribution in [1.29, 1.82) is 0 Å². The van der Waals surface area contributed by atoms with Gasteiger partial charge >= 0.3 is 0 Å². The van der Waals surface area contributed by atoms with E-state index in [1.54, 1.807) is 0 Å². The van der Waals surface area contributed by atoms with Crippen molar-refractivity contribution in [3.63, 3.8) is 0 Å². The minimum atomic E-state index is -4.42. The number of hydrogen-bond acceptors (Lipinski definition) is 7. The molecule has 0 atom stereocenters. The second-order valence-electron chi connectivity index (χ2n) is 6.34. The third kappa shape index (κ3) is 5.28. The zero-order valence-electron chi connectivity index (χ0n) is 16.4. The van der Waals surface area contributed by atoms with Crippen LogP contribution in [0.5, 0.6) is 5.75 Å². The van der Waals surface area contributed by atoms with Crippen molar-refractivity contribution in [3.05, 3.63) is 81.9 Å². The van der Waals surface area contributed by atoms with Crippen LogP contribution in [0.3, 0.4) is 0 Å². The van der Waals surface area contributed by atoms with E-state index in [1.807, 2.05) is 0 Å². The van der Waals surface area contributed by atoms with Crippen LogP contribution in [0.1, 0.15) is 0 Å². The molecule has 3 rings (SSSR count). The summed E-state index contributed by atoms with van der Waals surface area (Å²) in [6.07, 6.45) is 0. The van der Waals surface area contributed by atoms with E-state index in [9.17, 15) is 26.9 Å². The highest BCUT2D eigenvalue weighted by Gasteiger charge is 2.27. The SMILES string of the molecule is COc1ccc(S(=O)(=O)Nc2cccc(S(=O)(=O)Nc3ccc(Cl)cc3)c2)c([N+](=O)[O-])c1. The van der Waals surface area contributed by atoms with Crippen LogP contribution in [0.4, 0.5) is 17.1 Å². The molecule has 168 valence electrons. The molecule has 10 nitrogen and oxygen atoms in total. The summed E-state index contributed by atoms with van der Waals surface area (Å²) in [6.45, 7) is 0. The second kappa shape index (κ2) is 9.02. The molecule has 0 aliphatic carbocycles.